The van der Waals surface area contributed by atoms with Gasteiger partial charge in [-0.05, 0) is 84.9 Å². The summed E-state index contributed by atoms with van der Waals surface area (Å²) >= 11 is 0. The van der Waals surface area contributed by atoms with Crippen molar-refractivity contribution in [2.45, 2.75) is 6.42 Å². The average Bonchev–Trinajstić information content (AvgIpc) is 3.53. The van der Waals surface area contributed by atoms with Gasteiger partial charge in [-0.1, -0.05) is 0 Å². The summed E-state index contributed by atoms with van der Waals surface area (Å²) in [6.45, 7) is 1.05. The summed E-state index contributed by atoms with van der Waals surface area (Å²) < 4.78 is 15.9. The van der Waals surface area contributed by atoms with Crippen molar-refractivity contribution in [1.82, 2.24) is 19.1 Å². The standard InChI is InChI=1S/C33H32N8O2/c1-40-28-14-8-22(30(34)35)18-26(28)38-32(40)20-4-10-24(11-5-20)42-16-3-17-43-25-12-6-21(7-13-25)33-39-27-19-23(31(36)37)9-15-29(27)41(33)2/h4-15,18-19H,3,16-17H2,1-2H3,(H3,34,35)(H3,36,37). The van der Waals surface area contributed by atoms with Crippen molar-refractivity contribution in [3.8, 4) is 34.3 Å². The number of nitrogen functional groups attached to an aromatic ring is 2. The fourth-order valence-electron chi connectivity index (χ4n) is 5.09. The third-order valence-corrected chi connectivity index (χ3v) is 7.43. The highest BCUT2D eigenvalue weighted by Crippen LogP contribution is 2.28. The highest BCUT2D eigenvalue weighted by Gasteiger charge is 2.13. The number of rotatable bonds is 10. The number of nitrogens with two attached hydrogens (primary N) is 2. The smallest absolute Gasteiger partial charge is 0.140 e. The molecule has 0 bridgehead atoms. The molecule has 2 heterocycles. The van der Waals surface area contributed by atoms with Gasteiger partial charge in [-0.3, -0.25) is 10.8 Å². The van der Waals surface area contributed by atoms with Crippen molar-refractivity contribution in [3.05, 3.63) is 96.1 Å². The van der Waals surface area contributed by atoms with Crippen molar-refractivity contribution < 1.29 is 9.47 Å². The summed E-state index contributed by atoms with van der Waals surface area (Å²) in [6.07, 6.45) is 0.732. The number of aromatic nitrogens is 4. The molecule has 6 aromatic rings. The first-order chi connectivity index (χ1) is 20.8. The van der Waals surface area contributed by atoms with Crippen molar-refractivity contribution >= 4 is 33.7 Å². The predicted molar refractivity (Wildman–Crippen MR) is 170 cm³/mol. The van der Waals surface area contributed by atoms with Gasteiger partial charge in [0.05, 0.1) is 35.3 Å². The minimum Gasteiger partial charge on any atom is -0.493 e. The van der Waals surface area contributed by atoms with Crippen LogP contribution in [0, 0.1) is 10.8 Å². The Morgan fingerprint density at radius 1 is 0.628 bits per heavy atom. The van der Waals surface area contributed by atoms with Crippen LogP contribution < -0.4 is 20.9 Å². The second kappa shape index (κ2) is 11.3. The van der Waals surface area contributed by atoms with Crippen LogP contribution in [0.25, 0.3) is 44.8 Å². The summed E-state index contributed by atoms with van der Waals surface area (Å²) in [6, 6.07) is 27.0. The lowest BCUT2D eigenvalue weighted by atomic mass is 10.2. The van der Waals surface area contributed by atoms with Crippen LogP contribution in [0.1, 0.15) is 17.5 Å². The Balaban J connectivity index is 1.01. The number of nitrogens with zero attached hydrogens (tertiary/aromatic N) is 4. The molecule has 6 rings (SSSR count). The molecule has 0 unspecified atom stereocenters. The van der Waals surface area contributed by atoms with E-state index in [0.717, 1.165) is 62.8 Å². The third-order valence-electron chi connectivity index (χ3n) is 7.43. The number of hydrogen-bond acceptors (Lipinski definition) is 6. The maximum Gasteiger partial charge on any atom is 0.140 e. The molecule has 0 aliphatic heterocycles. The zero-order valence-corrected chi connectivity index (χ0v) is 24.0. The van der Waals surface area contributed by atoms with Crippen LogP contribution in [0.3, 0.4) is 0 Å². The number of fused-ring (bicyclic) bond motifs is 2. The van der Waals surface area contributed by atoms with Gasteiger partial charge in [-0.25, -0.2) is 9.97 Å². The molecule has 4 aromatic carbocycles. The first kappa shape index (κ1) is 27.5. The highest BCUT2D eigenvalue weighted by molar-refractivity contribution is 5.99. The predicted octanol–water partition coefficient (Wildman–Crippen LogP) is 5.21. The maximum absolute atomic E-state index is 7.67. The number of nitrogens with one attached hydrogen (secondary N) is 2. The van der Waals surface area contributed by atoms with Crippen molar-refractivity contribution in [1.29, 1.82) is 10.8 Å². The van der Waals surface area contributed by atoms with Crippen molar-refractivity contribution in [2.75, 3.05) is 13.2 Å². The quantitative estimate of drug-likeness (QED) is 0.100. The summed E-state index contributed by atoms with van der Waals surface area (Å²) in [5.74, 6) is 3.28. The van der Waals surface area contributed by atoms with Crippen LogP contribution in [0.15, 0.2) is 84.9 Å². The molecule has 0 saturated heterocycles. The number of ether oxygens (including phenoxy) is 2. The van der Waals surface area contributed by atoms with E-state index in [1.165, 1.54) is 0 Å². The molecule has 216 valence electrons. The molecule has 0 saturated carbocycles. The number of aryl methyl sites for hydroxylation is 2. The molecule has 0 spiro atoms. The molecule has 43 heavy (non-hydrogen) atoms. The average molecular weight is 573 g/mol. The number of imidazole rings is 2. The Kier molecular flexibility index (Phi) is 7.25. The Morgan fingerprint density at radius 3 is 1.40 bits per heavy atom. The van der Waals surface area contributed by atoms with Gasteiger partial charge in [-0.15, -0.1) is 0 Å². The van der Waals surface area contributed by atoms with E-state index in [4.69, 9.17) is 41.7 Å². The van der Waals surface area contributed by atoms with Crippen LogP contribution in [0.4, 0.5) is 0 Å². The largest absolute Gasteiger partial charge is 0.493 e. The molecule has 0 atom stereocenters. The number of hydrogen-bond donors (Lipinski definition) is 4. The topological polar surface area (TPSA) is 154 Å². The van der Waals surface area contributed by atoms with Crippen LogP contribution in [-0.2, 0) is 14.1 Å². The van der Waals surface area contributed by atoms with Crippen LogP contribution in [-0.4, -0.2) is 44.0 Å². The Labute approximate surface area is 248 Å². The van der Waals surface area contributed by atoms with Gasteiger partial charge >= 0.3 is 0 Å². The Morgan fingerprint density at radius 2 is 1.02 bits per heavy atom. The van der Waals surface area contributed by atoms with E-state index in [-0.39, 0.29) is 11.7 Å². The minimum absolute atomic E-state index is 0.0277. The summed E-state index contributed by atoms with van der Waals surface area (Å²) in [4.78, 5) is 9.51. The molecule has 0 radical (unpaired) electrons. The van der Waals surface area contributed by atoms with E-state index < -0.39 is 0 Å². The van der Waals surface area contributed by atoms with Crippen LogP contribution in [0.2, 0.25) is 0 Å². The zero-order valence-electron chi connectivity index (χ0n) is 24.0. The van der Waals surface area contributed by atoms with E-state index in [2.05, 4.69) is 0 Å². The van der Waals surface area contributed by atoms with Crippen LogP contribution >= 0.6 is 0 Å². The fraction of sp³-hybridized carbons (Fsp3) is 0.152. The monoisotopic (exact) mass is 572 g/mol. The molecule has 6 N–H and O–H groups in total. The number of benzene rings is 4. The van der Waals surface area contributed by atoms with Crippen LogP contribution in [0.5, 0.6) is 11.5 Å². The van der Waals surface area contributed by atoms with E-state index in [9.17, 15) is 0 Å². The second-order valence-corrected chi connectivity index (χ2v) is 10.3. The van der Waals surface area contributed by atoms with Gasteiger partial charge in [-0.2, -0.15) is 0 Å². The third kappa shape index (κ3) is 5.50. The molecule has 10 heteroatoms. The van der Waals surface area contributed by atoms with Crippen molar-refractivity contribution in [3.63, 3.8) is 0 Å². The lowest BCUT2D eigenvalue weighted by Gasteiger charge is -2.09. The highest BCUT2D eigenvalue weighted by atomic mass is 16.5. The Bertz CT molecular complexity index is 1830. The fourth-order valence-corrected chi connectivity index (χ4v) is 5.09. The molecule has 0 amide bonds. The zero-order chi connectivity index (χ0) is 30.1. The molecule has 10 nitrogen and oxygen atoms in total. The van der Waals surface area contributed by atoms with E-state index in [1.807, 2.05) is 108 Å². The van der Waals surface area contributed by atoms with Gasteiger partial charge in [0.15, 0.2) is 0 Å². The summed E-state index contributed by atoms with van der Waals surface area (Å²) in [5.41, 5.74) is 18.1. The Hall–Kier alpha value is -5.64. The van der Waals surface area contributed by atoms with E-state index in [0.29, 0.717) is 24.3 Å². The first-order valence-corrected chi connectivity index (χ1v) is 13.9. The lowest BCUT2D eigenvalue weighted by molar-refractivity contribution is 0.247. The molecular formula is C33H32N8O2. The minimum atomic E-state index is 0.0277. The second-order valence-electron chi connectivity index (χ2n) is 10.3. The lowest BCUT2D eigenvalue weighted by Crippen LogP contribution is -2.10. The SMILES string of the molecule is Cn1c(-c2ccc(OCCCOc3ccc(-c4nc5cc(C(=N)N)ccc5n4C)cc3)cc2)nc2cc(C(=N)N)ccc21. The van der Waals surface area contributed by atoms with Gasteiger partial charge in [0.2, 0.25) is 0 Å². The summed E-state index contributed by atoms with van der Waals surface area (Å²) in [7, 11) is 3.95. The first-order valence-electron chi connectivity index (χ1n) is 13.9. The maximum atomic E-state index is 7.67. The van der Waals surface area contributed by atoms with Gasteiger partial charge in [0, 0.05) is 42.8 Å². The van der Waals surface area contributed by atoms with Crippen molar-refractivity contribution in [2.24, 2.45) is 25.6 Å². The van der Waals surface area contributed by atoms with E-state index in [1.54, 1.807) is 0 Å². The molecular weight excluding hydrogens is 540 g/mol. The molecule has 0 aliphatic carbocycles. The summed E-state index contributed by atoms with van der Waals surface area (Å²) in [5, 5.41) is 15.3. The molecule has 2 aromatic heterocycles. The van der Waals surface area contributed by atoms with E-state index >= 15 is 0 Å². The molecule has 0 fully saturated rings. The molecule has 0 aliphatic rings. The normalized spacial score (nSPS) is 11.2. The van der Waals surface area contributed by atoms with Gasteiger partial charge < -0.3 is 30.1 Å². The number of amidine groups is 2. The van der Waals surface area contributed by atoms with Gasteiger partial charge in [0.1, 0.15) is 34.8 Å². The van der Waals surface area contributed by atoms with Gasteiger partial charge in [0.25, 0.3) is 0 Å².